The molecule has 1 heterocycles. The summed E-state index contributed by atoms with van der Waals surface area (Å²) in [5, 5.41) is 2.88. The molecular formula is C11H10BrFN2S. The van der Waals surface area contributed by atoms with Gasteiger partial charge in [0.25, 0.3) is 0 Å². The fourth-order valence-corrected chi connectivity index (χ4v) is 2.57. The highest BCUT2D eigenvalue weighted by Gasteiger charge is 2.06. The zero-order valence-corrected chi connectivity index (χ0v) is 11.1. The Balaban J connectivity index is 2.07. The summed E-state index contributed by atoms with van der Waals surface area (Å²) in [6, 6.07) is 6.52. The van der Waals surface area contributed by atoms with Crippen LogP contribution in [0.2, 0.25) is 0 Å². The van der Waals surface area contributed by atoms with Crippen molar-refractivity contribution < 1.29 is 4.39 Å². The quantitative estimate of drug-likeness (QED) is 0.859. The molecular weight excluding hydrogens is 291 g/mol. The minimum atomic E-state index is -0.205. The van der Waals surface area contributed by atoms with E-state index >= 15 is 0 Å². The lowest BCUT2D eigenvalue weighted by molar-refractivity contribution is 0.627. The van der Waals surface area contributed by atoms with E-state index in [1.165, 1.54) is 12.1 Å². The maximum atomic E-state index is 12.7. The first-order valence-corrected chi connectivity index (χ1v) is 6.39. The second-order valence-electron chi connectivity index (χ2n) is 3.44. The number of rotatable bonds is 3. The lowest BCUT2D eigenvalue weighted by atomic mass is 10.2. The third kappa shape index (κ3) is 2.80. The van der Waals surface area contributed by atoms with E-state index in [1.807, 2.05) is 17.3 Å². The molecule has 2 nitrogen and oxygen atoms in total. The van der Waals surface area contributed by atoms with E-state index in [4.69, 9.17) is 0 Å². The van der Waals surface area contributed by atoms with Crippen molar-refractivity contribution in [2.24, 2.45) is 0 Å². The number of benzene rings is 1. The summed E-state index contributed by atoms with van der Waals surface area (Å²) in [6.07, 6.45) is 0. The van der Waals surface area contributed by atoms with E-state index in [2.05, 4.69) is 20.9 Å². The molecule has 2 aromatic rings. The Labute approximate surface area is 106 Å². The van der Waals surface area contributed by atoms with Crippen molar-refractivity contribution >= 4 is 32.4 Å². The number of hydrogen-bond acceptors (Lipinski definition) is 3. The summed E-state index contributed by atoms with van der Waals surface area (Å²) in [7, 11) is 1.97. The Morgan fingerprint density at radius 3 is 2.62 bits per heavy atom. The van der Waals surface area contributed by atoms with Gasteiger partial charge in [0.15, 0.2) is 5.13 Å². The summed E-state index contributed by atoms with van der Waals surface area (Å²) < 4.78 is 13.6. The number of aromatic nitrogens is 1. The van der Waals surface area contributed by atoms with Gasteiger partial charge >= 0.3 is 0 Å². The van der Waals surface area contributed by atoms with Crippen LogP contribution in [0.15, 0.2) is 34.2 Å². The maximum Gasteiger partial charge on any atom is 0.186 e. The molecule has 0 aliphatic rings. The van der Waals surface area contributed by atoms with E-state index in [-0.39, 0.29) is 5.82 Å². The minimum absolute atomic E-state index is 0.205. The van der Waals surface area contributed by atoms with Crippen LogP contribution < -0.4 is 4.90 Å². The van der Waals surface area contributed by atoms with Gasteiger partial charge in [-0.3, -0.25) is 0 Å². The van der Waals surface area contributed by atoms with E-state index < -0.39 is 0 Å². The predicted octanol–water partition coefficient (Wildman–Crippen LogP) is 3.68. The van der Waals surface area contributed by atoms with E-state index in [1.54, 1.807) is 23.5 Å². The molecule has 2 rings (SSSR count). The molecule has 0 unspecified atom stereocenters. The van der Waals surface area contributed by atoms with Gasteiger partial charge in [-0.25, -0.2) is 9.37 Å². The van der Waals surface area contributed by atoms with Crippen LogP contribution in [0.3, 0.4) is 0 Å². The Hall–Kier alpha value is -0.940. The summed E-state index contributed by atoms with van der Waals surface area (Å²) in [5.74, 6) is -0.205. The molecule has 1 aromatic heterocycles. The first kappa shape index (κ1) is 11.5. The average molecular weight is 301 g/mol. The van der Waals surface area contributed by atoms with Crippen molar-refractivity contribution in [2.45, 2.75) is 6.54 Å². The molecule has 1 aromatic carbocycles. The molecule has 0 spiro atoms. The SMILES string of the molecule is CN(Cc1ccc(F)cc1)c1nc(Br)cs1. The van der Waals surface area contributed by atoms with Crippen molar-refractivity contribution in [3.8, 4) is 0 Å². The lowest BCUT2D eigenvalue weighted by Gasteiger charge is -2.15. The van der Waals surface area contributed by atoms with Gasteiger partial charge in [-0.2, -0.15) is 0 Å². The third-order valence-electron chi connectivity index (χ3n) is 2.12. The smallest absolute Gasteiger partial charge is 0.186 e. The molecule has 0 radical (unpaired) electrons. The summed E-state index contributed by atoms with van der Waals surface area (Å²) in [5.41, 5.74) is 1.07. The molecule has 0 amide bonds. The number of halogens is 2. The normalized spacial score (nSPS) is 10.4. The Kier molecular flexibility index (Phi) is 3.56. The van der Waals surface area contributed by atoms with Crippen molar-refractivity contribution in [1.82, 2.24) is 4.98 Å². The minimum Gasteiger partial charge on any atom is -0.347 e. The van der Waals surface area contributed by atoms with Gasteiger partial charge < -0.3 is 4.90 Å². The van der Waals surface area contributed by atoms with Crippen LogP contribution in [0.25, 0.3) is 0 Å². The molecule has 0 saturated heterocycles. The monoisotopic (exact) mass is 300 g/mol. The molecule has 0 saturated carbocycles. The molecule has 0 aliphatic heterocycles. The predicted molar refractivity (Wildman–Crippen MR) is 68.3 cm³/mol. The van der Waals surface area contributed by atoms with Gasteiger partial charge in [-0.1, -0.05) is 12.1 Å². The van der Waals surface area contributed by atoms with Gasteiger partial charge in [-0.05, 0) is 33.6 Å². The van der Waals surface area contributed by atoms with Gasteiger partial charge in [-0.15, -0.1) is 11.3 Å². The number of nitrogens with zero attached hydrogens (tertiary/aromatic N) is 2. The maximum absolute atomic E-state index is 12.7. The first-order chi connectivity index (χ1) is 7.65. The van der Waals surface area contributed by atoms with Crippen LogP contribution in [-0.2, 0) is 6.54 Å². The van der Waals surface area contributed by atoms with Crippen LogP contribution >= 0.6 is 27.3 Å². The zero-order chi connectivity index (χ0) is 11.5. The molecule has 84 valence electrons. The van der Waals surface area contributed by atoms with E-state index in [9.17, 15) is 4.39 Å². The van der Waals surface area contributed by atoms with Crippen molar-refractivity contribution in [2.75, 3.05) is 11.9 Å². The lowest BCUT2D eigenvalue weighted by Crippen LogP contribution is -2.15. The fraction of sp³-hybridized carbons (Fsp3) is 0.182. The zero-order valence-electron chi connectivity index (χ0n) is 8.65. The first-order valence-electron chi connectivity index (χ1n) is 4.72. The third-order valence-corrected chi connectivity index (χ3v) is 3.79. The molecule has 0 N–H and O–H groups in total. The number of hydrogen-bond donors (Lipinski definition) is 0. The highest BCUT2D eigenvalue weighted by Crippen LogP contribution is 2.23. The van der Waals surface area contributed by atoms with Gasteiger partial charge in [0.2, 0.25) is 0 Å². The molecule has 0 fully saturated rings. The Morgan fingerprint density at radius 1 is 1.38 bits per heavy atom. The topological polar surface area (TPSA) is 16.1 Å². The van der Waals surface area contributed by atoms with Crippen LogP contribution in [0.1, 0.15) is 5.56 Å². The summed E-state index contributed by atoms with van der Waals surface area (Å²) >= 11 is 4.89. The molecule has 0 atom stereocenters. The van der Waals surface area contributed by atoms with Crippen LogP contribution in [0.5, 0.6) is 0 Å². The molecule has 5 heteroatoms. The highest BCUT2D eigenvalue weighted by molar-refractivity contribution is 9.10. The highest BCUT2D eigenvalue weighted by atomic mass is 79.9. The number of anilines is 1. The largest absolute Gasteiger partial charge is 0.347 e. The molecule has 0 bridgehead atoms. The average Bonchev–Trinajstić information content (AvgIpc) is 2.68. The van der Waals surface area contributed by atoms with E-state index in [0.29, 0.717) is 0 Å². The second kappa shape index (κ2) is 4.93. The van der Waals surface area contributed by atoms with Crippen molar-refractivity contribution in [3.05, 3.63) is 45.6 Å². The summed E-state index contributed by atoms with van der Waals surface area (Å²) in [6.45, 7) is 0.722. The fourth-order valence-electron chi connectivity index (χ4n) is 1.35. The van der Waals surface area contributed by atoms with Gasteiger partial charge in [0.1, 0.15) is 10.4 Å². The van der Waals surface area contributed by atoms with Gasteiger partial charge in [0, 0.05) is 19.0 Å². The standard InChI is InChI=1S/C11H10BrFN2S/c1-15(11-14-10(12)7-16-11)6-8-2-4-9(13)5-3-8/h2-5,7H,6H2,1H3. The molecule has 16 heavy (non-hydrogen) atoms. The second-order valence-corrected chi connectivity index (χ2v) is 5.08. The molecule has 0 aliphatic carbocycles. The van der Waals surface area contributed by atoms with E-state index in [0.717, 1.165) is 21.8 Å². The van der Waals surface area contributed by atoms with Crippen LogP contribution in [0.4, 0.5) is 9.52 Å². The van der Waals surface area contributed by atoms with Crippen LogP contribution in [-0.4, -0.2) is 12.0 Å². The number of thiazole rings is 1. The van der Waals surface area contributed by atoms with Crippen molar-refractivity contribution in [3.63, 3.8) is 0 Å². The van der Waals surface area contributed by atoms with Crippen LogP contribution in [0, 0.1) is 5.82 Å². The Bertz CT molecular complexity index is 469. The summed E-state index contributed by atoms with van der Waals surface area (Å²) in [4.78, 5) is 6.34. The van der Waals surface area contributed by atoms with Crippen molar-refractivity contribution in [1.29, 1.82) is 0 Å². The van der Waals surface area contributed by atoms with Gasteiger partial charge in [0.05, 0.1) is 0 Å². The Morgan fingerprint density at radius 2 is 2.06 bits per heavy atom.